The van der Waals surface area contributed by atoms with Gasteiger partial charge in [0.2, 0.25) is 0 Å². The van der Waals surface area contributed by atoms with Crippen LogP contribution in [0, 0.1) is 6.92 Å². The Kier molecular flexibility index (Phi) is 5.49. The molecule has 162 valence electrons. The number of carbonyl (C=O) groups is 1. The van der Waals surface area contributed by atoms with Gasteiger partial charge in [-0.25, -0.2) is 19.4 Å². The van der Waals surface area contributed by atoms with Crippen LogP contribution in [0.4, 0.5) is 29.5 Å². The number of urea groups is 1. The summed E-state index contributed by atoms with van der Waals surface area (Å²) in [5.74, 6) is 1.36. The van der Waals surface area contributed by atoms with Gasteiger partial charge in [0.05, 0.1) is 11.3 Å². The second kappa shape index (κ2) is 8.25. The highest BCUT2D eigenvalue weighted by Gasteiger charge is 2.30. The Balaban J connectivity index is 1.37. The van der Waals surface area contributed by atoms with Crippen molar-refractivity contribution in [2.24, 2.45) is 0 Å². The van der Waals surface area contributed by atoms with Crippen LogP contribution in [-0.2, 0) is 6.18 Å². The van der Waals surface area contributed by atoms with Gasteiger partial charge in [-0.3, -0.25) is 0 Å². The number of benzene rings is 1. The van der Waals surface area contributed by atoms with Crippen LogP contribution in [0.3, 0.4) is 0 Å². The fourth-order valence-corrected chi connectivity index (χ4v) is 3.29. The molecule has 0 aliphatic carbocycles. The van der Waals surface area contributed by atoms with E-state index in [0.717, 1.165) is 23.6 Å². The summed E-state index contributed by atoms with van der Waals surface area (Å²) in [5.41, 5.74) is 0.180. The van der Waals surface area contributed by atoms with Crippen LogP contribution in [0.5, 0.6) is 0 Å². The van der Waals surface area contributed by atoms with E-state index in [1.54, 1.807) is 9.58 Å². The number of carbonyl (C=O) groups excluding carboxylic acids is 1. The molecule has 3 heterocycles. The number of alkyl halides is 3. The number of anilines is 2. The molecular formula is C20H20F3N7O. The number of aromatic nitrogens is 4. The van der Waals surface area contributed by atoms with Gasteiger partial charge >= 0.3 is 12.2 Å². The van der Waals surface area contributed by atoms with Crippen molar-refractivity contribution in [2.75, 3.05) is 36.4 Å². The van der Waals surface area contributed by atoms with Gasteiger partial charge in [0.15, 0.2) is 5.82 Å². The molecule has 0 bridgehead atoms. The van der Waals surface area contributed by atoms with Crippen molar-refractivity contribution in [3.8, 4) is 5.82 Å². The molecule has 0 atom stereocenters. The third-order valence-electron chi connectivity index (χ3n) is 4.93. The molecule has 1 N–H and O–H groups in total. The predicted molar refractivity (Wildman–Crippen MR) is 108 cm³/mol. The lowest BCUT2D eigenvalue weighted by Gasteiger charge is -2.35. The van der Waals surface area contributed by atoms with Gasteiger partial charge < -0.3 is 15.1 Å². The Morgan fingerprint density at radius 2 is 1.77 bits per heavy atom. The van der Waals surface area contributed by atoms with Crippen LogP contribution in [0.15, 0.2) is 48.9 Å². The van der Waals surface area contributed by atoms with Crippen molar-refractivity contribution in [1.82, 2.24) is 24.6 Å². The first-order chi connectivity index (χ1) is 14.8. The Morgan fingerprint density at radius 3 is 2.45 bits per heavy atom. The van der Waals surface area contributed by atoms with E-state index in [0.29, 0.717) is 32.0 Å². The molecule has 1 fully saturated rings. The number of aryl methyl sites for hydroxylation is 1. The minimum Gasteiger partial charge on any atom is -0.353 e. The van der Waals surface area contributed by atoms with E-state index in [9.17, 15) is 18.0 Å². The maximum absolute atomic E-state index is 12.9. The zero-order chi connectivity index (χ0) is 22.0. The normalized spacial score (nSPS) is 14.6. The van der Waals surface area contributed by atoms with Crippen LogP contribution in [-0.4, -0.2) is 56.9 Å². The summed E-state index contributed by atoms with van der Waals surface area (Å²) < 4.78 is 40.2. The highest BCUT2D eigenvalue weighted by atomic mass is 19.4. The highest BCUT2D eigenvalue weighted by Crippen LogP contribution is 2.30. The second-order valence-corrected chi connectivity index (χ2v) is 7.12. The SMILES string of the molecule is Cc1ccn(-c2cc(N3CCN(C(=O)Nc4cccc(C(F)(F)F)c4)CC3)ncn2)n1. The predicted octanol–water partition coefficient (Wildman–Crippen LogP) is 3.34. The number of nitrogens with one attached hydrogen (secondary N) is 1. The van der Waals surface area contributed by atoms with Crippen molar-refractivity contribution in [3.63, 3.8) is 0 Å². The van der Waals surface area contributed by atoms with Gasteiger partial charge in [-0.1, -0.05) is 6.07 Å². The largest absolute Gasteiger partial charge is 0.416 e. The van der Waals surface area contributed by atoms with Gasteiger partial charge in [-0.05, 0) is 31.2 Å². The Labute approximate surface area is 176 Å². The van der Waals surface area contributed by atoms with Crippen molar-refractivity contribution < 1.29 is 18.0 Å². The molecule has 1 aliphatic rings. The lowest BCUT2D eigenvalue weighted by molar-refractivity contribution is -0.137. The monoisotopic (exact) mass is 431 g/mol. The third-order valence-corrected chi connectivity index (χ3v) is 4.93. The summed E-state index contributed by atoms with van der Waals surface area (Å²) in [6.07, 6.45) is -1.18. The minimum atomic E-state index is -4.46. The second-order valence-electron chi connectivity index (χ2n) is 7.12. The molecule has 31 heavy (non-hydrogen) atoms. The van der Waals surface area contributed by atoms with Gasteiger partial charge in [0.1, 0.15) is 12.1 Å². The zero-order valence-electron chi connectivity index (χ0n) is 16.7. The maximum Gasteiger partial charge on any atom is 0.416 e. The number of hydrogen-bond acceptors (Lipinski definition) is 5. The maximum atomic E-state index is 12.9. The molecule has 4 rings (SSSR count). The van der Waals surface area contributed by atoms with E-state index in [1.165, 1.54) is 18.5 Å². The zero-order valence-corrected chi connectivity index (χ0v) is 16.7. The molecule has 0 radical (unpaired) electrons. The van der Waals surface area contributed by atoms with Gasteiger partial charge in [-0.15, -0.1) is 0 Å². The van der Waals surface area contributed by atoms with Crippen LogP contribution >= 0.6 is 0 Å². The lowest BCUT2D eigenvalue weighted by atomic mass is 10.2. The molecule has 2 amide bonds. The first-order valence-electron chi connectivity index (χ1n) is 9.62. The number of amides is 2. The van der Waals surface area contributed by atoms with Crippen LogP contribution in [0.2, 0.25) is 0 Å². The fourth-order valence-electron chi connectivity index (χ4n) is 3.29. The highest BCUT2D eigenvalue weighted by molar-refractivity contribution is 5.89. The number of piperazine rings is 1. The van der Waals surface area contributed by atoms with Crippen molar-refractivity contribution in [1.29, 1.82) is 0 Å². The topological polar surface area (TPSA) is 79.2 Å². The summed E-state index contributed by atoms with van der Waals surface area (Å²) in [5, 5.41) is 6.88. The standard InChI is InChI=1S/C20H20F3N7O/c1-14-5-6-30(27-14)18-12-17(24-13-25-18)28-7-9-29(10-8-28)19(31)26-16-4-2-3-15(11-16)20(21,22)23/h2-6,11-13H,7-10H2,1H3,(H,26,31). The van der Waals surface area contributed by atoms with Crippen LogP contribution < -0.4 is 10.2 Å². The Bertz CT molecular complexity index is 1070. The number of hydrogen-bond donors (Lipinski definition) is 1. The van der Waals surface area contributed by atoms with Gasteiger partial charge in [0.25, 0.3) is 0 Å². The van der Waals surface area contributed by atoms with E-state index >= 15 is 0 Å². The van der Waals surface area contributed by atoms with E-state index < -0.39 is 17.8 Å². The van der Waals surface area contributed by atoms with Crippen LogP contribution in [0.25, 0.3) is 5.82 Å². The van der Waals surface area contributed by atoms with E-state index in [4.69, 9.17) is 0 Å². The Morgan fingerprint density at radius 1 is 1.03 bits per heavy atom. The number of halogens is 3. The molecule has 2 aromatic heterocycles. The average Bonchev–Trinajstić information content (AvgIpc) is 3.20. The first-order valence-corrected chi connectivity index (χ1v) is 9.62. The summed E-state index contributed by atoms with van der Waals surface area (Å²) in [7, 11) is 0. The number of rotatable bonds is 3. The molecular weight excluding hydrogens is 411 g/mol. The summed E-state index contributed by atoms with van der Waals surface area (Å²) in [6, 6.07) is 7.86. The molecule has 1 saturated heterocycles. The van der Waals surface area contributed by atoms with Crippen LogP contribution in [0.1, 0.15) is 11.3 Å². The minimum absolute atomic E-state index is 0.109. The van der Waals surface area contributed by atoms with E-state index in [2.05, 4.69) is 20.4 Å². The molecule has 1 aromatic carbocycles. The van der Waals surface area contributed by atoms with Gasteiger partial charge in [0, 0.05) is 44.1 Å². The third kappa shape index (κ3) is 4.76. The molecule has 0 saturated carbocycles. The van der Waals surface area contributed by atoms with E-state index in [-0.39, 0.29) is 5.69 Å². The fraction of sp³-hybridized carbons (Fsp3) is 0.300. The first kappa shape index (κ1) is 20.6. The summed E-state index contributed by atoms with van der Waals surface area (Å²) >= 11 is 0. The molecule has 3 aromatic rings. The van der Waals surface area contributed by atoms with E-state index in [1.807, 2.05) is 30.2 Å². The van der Waals surface area contributed by atoms with Crippen molar-refractivity contribution >= 4 is 17.5 Å². The molecule has 8 nitrogen and oxygen atoms in total. The molecule has 1 aliphatic heterocycles. The van der Waals surface area contributed by atoms with Crippen molar-refractivity contribution in [2.45, 2.75) is 13.1 Å². The van der Waals surface area contributed by atoms with Gasteiger partial charge in [-0.2, -0.15) is 18.3 Å². The summed E-state index contributed by atoms with van der Waals surface area (Å²) in [4.78, 5) is 24.6. The number of nitrogens with zero attached hydrogens (tertiary/aromatic N) is 6. The lowest BCUT2D eigenvalue weighted by Crippen LogP contribution is -2.50. The average molecular weight is 431 g/mol. The smallest absolute Gasteiger partial charge is 0.353 e. The molecule has 11 heteroatoms. The quantitative estimate of drug-likeness (QED) is 0.688. The molecule has 0 spiro atoms. The molecule has 0 unspecified atom stereocenters. The summed E-state index contributed by atoms with van der Waals surface area (Å²) in [6.45, 7) is 3.77. The van der Waals surface area contributed by atoms with Crippen molar-refractivity contribution in [3.05, 3.63) is 60.2 Å². The Hall–Kier alpha value is -3.63.